The molecule has 0 aliphatic carbocycles. The van der Waals surface area contributed by atoms with Crippen LogP contribution in [0, 0.1) is 0 Å². The van der Waals surface area contributed by atoms with Crippen molar-refractivity contribution in [2.45, 2.75) is 18.6 Å². The summed E-state index contributed by atoms with van der Waals surface area (Å²) in [7, 11) is 1.75. The molecule has 2 N–H and O–H groups in total. The number of anilines is 1. The minimum absolute atomic E-state index is 0.00255. The largest absolute Gasteiger partial charge is 0.392 e. The molecule has 86 valence electrons. The summed E-state index contributed by atoms with van der Waals surface area (Å²) >= 11 is 0. The average Bonchev–Trinajstić information content (AvgIpc) is 2.75. The van der Waals surface area contributed by atoms with Crippen molar-refractivity contribution in [3.8, 4) is 0 Å². The number of hydrogen-bond donors (Lipinski definition) is 2. The molecule has 1 aromatic rings. The van der Waals surface area contributed by atoms with Crippen LogP contribution in [-0.4, -0.2) is 36.8 Å². The van der Waals surface area contributed by atoms with Gasteiger partial charge in [0.15, 0.2) is 0 Å². The molecule has 0 aromatic heterocycles. The van der Waals surface area contributed by atoms with E-state index in [1.165, 1.54) is 0 Å². The van der Waals surface area contributed by atoms with Crippen molar-refractivity contribution in [2.75, 3.05) is 18.5 Å². The first kappa shape index (κ1) is 11.1. The predicted molar refractivity (Wildman–Crippen MR) is 62.3 cm³/mol. The predicted octanol–water partition coefficient (Wildman–Crippen LogP) is 0.372. The van der Waals surface area contributed by atoms with Crippen LogP contribution in [0.4, 0.5) is 5.69 Å². The fraction of sp³-hybridized carbons (Fsp3) is 0.417. The van der Waals surface area contributed by atoms with E-state index in [0.29, 0.717) is 13.0 Å². The summed E-state index contributed by atoms with van der Waals surface area (Å²) in [6, 6.07) is 9.23. The molecule has 1 aliphatic rings. The number of likely N-dealkylation sites (N-methyl/N-ethyl adjacent to an activating group) is 1. The number of para-hydroxylation sites is 1. The summed E-state index contributed by atoms with van der Waals surface area (Å²) in [5.41, 5.74) is 0.871. The van der Waals surface area contributed by atoms with Crippen LogP contribution in [0.25, 0.3) is 0 Å². The SMILES string of the molecule is CN(C(=O)C1CC(O)CN1)c1ccccc1. The number of amides is 1. The molecule has 1 aromatic carbocycles. The fourth-order valence-corrected chi connectivity index (χ4v) is 1.92. The van der Waals surface area contributed by atoms with Gasteiger partial charge in [-0.15, -0.1) is 0 Å². The molecule has 2 unspecified atom stereocenters. The first-order valence-electron chi connectivity index (χ1n) is 5.42. The number of aliphatic hydroxyl groups is 1. The molecule has 1 saturated heterocycles. The normalized spacial score (nSPS) is 24.4. The van der Waals surface area contributed by atoms with E-state index < -0.39 is 6.10 Å². The van der Waals surface area contributed by atoms with Crippen molar-refractivity contribution in [1.29, 1.82) is 0 Å². The van der Waals surface area contributed by atoms with Gasteiger partial charge in [0, 0.05) is 19.3 Å². The standard InChI is InChI=1S/C12H16N2O2/c1-14(9-5-3-2-4-6-9)12(16)11-7-10(15)8-13-11/h2-6,10-11,13,15H,7-8H2,1H3. The van der Waals surface area contributed by atoms with Crippen LogP contribution in [0.15, 0.2) is 30.3 Å². The number of carbonyl (C=O) groups excluding carboxylic acids is 1. The molecule has 2 rings (SSSR count). The summed E-state index contributed by atoms with van der Waals surface area (Å²) < 4.78 is 0. The number of hydrogen-bond acceptors (Lipinski definition) is 3. The second-order valence-corrected chi connectivity index (χ2v) is 4.08. The van der Waals surface area contributed by atoms with Gasteiger partial charge in [0.2, 0.25) is 5.91 Å². The van der Waals surface area contributed by atoms with Crippen LogP contribution in [0.1, 0.15) is 6.42 Å². The molecule has 4 heteroatoms. The lowest BCUT2D eigenvalue weighted by Gasteiger charge is -2.21. The second-order valence-electron chi connectivity index (χ2n) is 4.08. The van der Waals surface area contributed by atoms with E-state index in [1.54, 1.807) is 11.9 Å². The highest BCUT2D eigenvalue weighted by molar-refractivity contribution is 5.96. The average molecular weight is 220 g/mol. The summed E-state index contributed by atoms with van der Waals surface area (Å²) in [4.78, 5) is 13.7. The number of aliphatic hydroxyl groups excluding tert-OH is 1. The number of β-amino-alcohol motifs (C(OH)–C–C–N with tert-alkyl or cyclic N) is 1. The third kappa shape index (κ3) is 2.23. The summed E-state index contributed by atoms with van der Waals surface area (Å²) in [6.45, 7) is 0.499. The van der Waals surface area contributed by atoms with E-state index in [-0.39, 0.29) is 11.9 Å². The van der Waals surface area contributed by atoms with Crippen molar-refractivity contribution in [1.82, 2.24) is 5.32 Å². The number of nitrogens with zero attached hydrogens (tertiary/aromatic N) is 1. The highest BCUT2D eigenvalue weighted by atomic mass is 16.3. The van der Waals surface area contributed by atoms with Crippen molar-refractivity contribution in [3.05, 3.63) is 30.3 Å². The fourth-order valence-electron chi connectivity index (χ4n) is 1.92. The molecule has 0 spiro atoms. The van der Waals surface area contributed by atoms with Gasteiger partial charge >= 0.3 is 0 Å². The third-order valence-corrected chi connectivity index (χ3v) is 2.88. The lowest BCUT2D eigenvalue weighted by atomic mass is 10.1. The van der Waals surface area contributed by atoms with Crippen molar-refractivity contribution in [3.63, 3.8) is 0 Å². The van der Waals surface area contributed by atoms with Crippen LogP contribution in [0.2, 0.25) is 0 Å². The van der Waals surface area contributed by atoms with Gasteiger partial charge in [-0.2, -0.15) is 0 Å². The Hall–Kier alpha value is -1.39. The Morgan fingerprint density at radius 3 is 2.69 bits per heavy atom. The van der Waals surface area contributed by atoms with E-state index in [2.05, 4.69) is 5.32 Å². The minimum atomic E-state index is -0.405. The molecular weight excluding hydrogens is 204 g/mol. The maximum absolute atomic E-state index is 12.0. The van der Waals surface area contributed by atoms with Crippen molar-refractivity contribution in [2.24, 2.45) is 0 Å². The van der Waals surface area contributed by atoms with Gasteiger partial charge in [0.1, 0.15) is 0 Å². The zero-order valence-corrected chi connectivity index (χ0v) is 9.26. The Labute approximate surface area is 94.9 Å². The molecular formula is C12H16N2O2. The van der Waals surface area contributed by atoms with Crippen LogP contribution in [0.5, 0.6) is 0 Å². The quantitative estimate of drug-likeness (QED) is 0.757. The summed E-state index contributed by atoms with van der Waals surface area (Å²) in [5.74, 6) is 0.00255. The molecule has 4 nitrogen and oxygen atoms in total. The Bertz CT molecular complexity index is 367. The number of nitrogens with one attached hydrogen (secondary N) is 1. The van der Waals surface area contributed by atoms with E-state index >= 15 is 0 Å². The van der Waals surface area contributed by atoms with Gasteiger partial charge < -0.3 is 15.3 Å². The van der Waals surface area contributed by atoms with Gasteiger partial charge in [0.05, 0.1) is 12.1 Å². The maximum Gasteiger partial charge on any atom is 0.243 e. The second kappa shape index (κ2) is 4.63. The van der Waals surface area contributed by atoms with Crippen molar-refractivity contribution < 1.29 is 9.90 Å². The third-order valence-electron chi connectivity index (χ3n) is 2.88. The smallest absolute Gasteiger partial charge is 0.243 e. The Kier molecular flexibility index (Phi) is 3.22. The molecule has 2 atom stereocenters. The van der Waals surface area contributed by atoms with E-state index in [4.69, 9.17) is 0 Å². The summed E-state index contributed by atoms with van der Waals surface area (Å²) in [5, 5.41) is 12.4. The summed E-state index contributed by atoms with van der Waals surface area (Å²) in [6.07, 6.45) is 0.0915. The first-order chi connectivity index (χ1) is 7.68. The zero-order chi connectivity index (χ0) is 11.5. The van der Waals surface area contributed by atoms with Gasteiger partial charge in [-0.3, -0.25) is 4.79 Å². The molecule has 16 heavy (non-hydrogen) atoms. The Balaban J connectivity index is 2.05. The first-order valence-corrected chi connectivity index (χ1v) is 5.42. The molecule has 1 fully saturated rings. The zero-order valence-electron chi connectivity index (χ0n) is 9.26. The van der Waals surface area contributed by atoms with Gasteiger partial charge in [0.25, 0.3) is 0 Å². The van der Waals surface area contributed by atoms with Gasteiger partial charge in [-0.25, -0.2) is 0 Å². The Morgan fingerprint density at radius 1 is 1.44 bits per heavy atom. The molecule has 0 bridgehead atoms. The van der Waals surface area contributed by atoms with Crippen LogP contribution < -0.4 is 10.2 Å². The van der Waals surface area contributed by atoms with Crippen LogP contribution in [-0.2, 0) is 4.79 Å². The molecule has 1 aliphatic heterocycles. The van der Waals surface area contributed by atoms with Crippen LogP contribution in [0.3, 0.4) is 0 Å². The molecule has 1 amide bonds. The van der Waals surface area contributed by atoms with Gasteiger partial charge in [-0.05, 0) is 18.6 Å². The molecule has 0 radical (unpaired) electrons. The van der Waals surface area contributed by atoms with Crippen LogP contribution >= 0.6 is 0 Å². The molecule has 1 heterocycles. The highest BCUT2D eigenvalue weighted by Crippen LogP contribution is 2.15. The molecule has 0 saturated carbocycles. The lowest BCUT2D eigenvalue weighted by Crippen LogP contribution is -2.41. The monoisotopic (exact) mass is 220 g/mol. The number of carbonyl (C=O) groups is 1. The number of benzene rings is 1. The lowest BCUT2D eigenvalue weighted by molar-refractivity contribution is -0.120. The topological polar surface area (TPSA) is 52.6 Å². The maximum atomic E-state index is 12.0. The minimum Gasteiger partial charge on any atom is -0.392 e. The van der Waals surface area contributed by atoms with Gasteiger partial charge in [-0.1, -0.05) is 18.2 Å². The van der Waals surface area contributed by atoms with Crippen molar-refractivity contribution >= 4 is 11.6 Å². The number of rotatable bonds is 2. The Morgan fingerprint density at radius 2 is 2.12 bits per heavy atom. The van der Waals surface area contributed by atoms with E-state index in [1.807, 2.05) is 30.3 Å². The van der Waals surface area contributed by atoms with E-state index in [9.17, 15) is 9.90 Å². The van der Waals surface area contributed by atoms with E-state index in [0.717, 1.165) is 5.69 Å². The highest BCUT2D eigenvalue weighted by Gasteiger charge is 2.30.